The van der Waals surface area contributed by atoms with Gasteiger partial charge >= 0.3 is 12.0 Å². The van der Waals surface area contributed by atoms with Gasteiger partial charge in [0.15, 0.2) is 0 Å². The summed E-state index contributed by atoms with van der Waals surface area (Å²) in [5.41, 5.74) is 0. The molecule has 7 nitrogen and oxygen atoms in total. The minimum atomic E-state index is -0.831. The third kappa shape index (κ3) is 6.14. The molecule has 0 aromatic carbocycles. The predicted molar refractivity (Wildman–Crippen MR) is 91.9 cm³/mol. The molecule has 0 aromatic rings. The van der Waals surface area contributed by atoms with E-state index in [2.05, 4.69) is 16.0 Å². The van der Waals surface area contributed by atoms with Gasteiger partial charge in [0.05, 0.1) is 17.8 Å². The van der Waals surface area contributed by atoms with Crippen LogP contribution in [0.5, 0.6) is 0 Å². The Morgan fingerprint density at radius 3 is 2.96 bits per heavy atom. The molecule has 130 valence electrons. The molecule has 3 amide bonds. The first-order valence-corrected chi connectivity index (χ1v) is 10.0. The molecule has 0 saturated carbocycles. The number of amides is 3. The molecule has 0 spiro atoms. The first kappa shape index (κ1) is 18.3. The van der Waals surface area contributed by atoms with Crippen molar-refractivity contribution in [1.29, 1.82) is 0 Å². The van der Waals surface area contributed by atoms with Gasteiger partial charge in [-0.2, -0.15) is 11.8 Å². The smallest absolute Gasteiger partial charge is 0.315 e. The predicted octanol–water partition coefficient (Wildman–Crippen LogP) is 0.646. The zero-order valence-corrected chi connectivity index (χ0v) is 14.5. The number of hydrogen-bond donors (Lipinski definition) is 4. The molecule has 0 aromatic heterocycles. The molecule has 0 unspecified atom stereocenters. The van der Waals surface area contributed by atoms with Gasteiger partial charge in [0.2, 0.25) is 5.91 Å². The average molecular weight is 361 g/mol. The summed E-state index contributed by atoms with van der Waals surface area (Å²) in [5, 5.41) is 17.6. The van der Waals surface area contributed by atoms with E-state index in [4.69, 9.17) is 5.11 Å². The minimum Gasteiger partial charge on any atom is -0.481 e. The molecule has 2 fully saturated rings. The molecule has 0 aliphatic carbocycles. The van der Waals surface area contributed by atoms with Crippen molar-refractivity contribution in [1.82, 2.24) is 16.0 Å². The van der Waals surface area contributed by atoms with Crippen LogP contribution in [0.15, 0.2) is 0 Å². The molecular formula is C14H23N3O4S2. The molecule has 23 heavy (non-hydrogen) atoms. The number of carboxylic acids is 1. The molecule has 9 heteroatoms. The van der Waals surface area contributed by atoms with Gasteiger partial charge in [-0.1, -0.05) is 6.42 Å². The Hall–Kier alpha value is -1.09. The summed E-state index contributed by atoms with van der Waals surface area (Å²) in [5.74, 6) is 0.841. The number of aliphatic carboxylic acids is 1. The van der Waals surface area contributed by atoms with Gasteiger partial charge in [0.1, 0.15) is 0 Å². The number of nitrogens with one attached hydrogen (secondary N) is 3. The highest BCUT2D eigenvalue weighted by Crippen LogP contribution is 2.33. The van der Waals surface area contributed by atoms with E-state index in [1.165, 1.54) is 11.8 Å². The van der Waals surface area contributed by atoms with E-state index in [1.54, 1.807) is 0 Å². The number of rotatable bonds is 10. The number of carbonyl (C=O) groups excluding carboxylic acids is 2. The lowest BCUT2D eigenvalue weighted by Crippen LogP contribution is -2.36. The van der Waals surface area contributed by atoms with Crippen molar-refractivity contribution in [3.63, 3.8) is 0 Å². The number of unbranched alkanes of at least 4 members (excludes halogenated alkanes) is 1. The standard InChI is InChI=1S/C14H23N3O4S2/c18-11(15-5-6-22-8-12(19)20)4-2-1-3-10-13-9(7-23-10)16-14(21)17-13/h9-10,13H,1-8H2,(H,15,18)(H,19,20)(H2,16,17,21)/t9-,10-,13-/m0/s1. The number of thioether (sulfide) groups is 2. The summed E-state index contributed by atoms with van der Waals surface area (Å²) in [6, 6.07) is 0.419. The van der Waals surface area contributed by atoms with Crippen molar-refractivity contribution in [2.45, 2.75) is 43.0 Å². The molecule has 0 radical (unpaired) electrons. The summed E-state index contributed by atoms with van der Waals surface area (Å²) >= 11 is 3.19. The number of fused-ring (bicyclic) bond motifs is 1. The maximum Gasteiger partial charge on any atom is 0.315 e. The summed E-state index contributed by atoms with van der Waals surface area (Å²) in [6.07, 6.45) is 3.32. The van der Waals surface area contributed by atoms with Crippen LogP contribution in [-0.4, -0.2) is 64.2 Å². The van der Waals surface area contributed by atoms with E-state index in [1.807, 2.05) is 11.8 Å². The Labute approximate surface area is 144 Å². The highest BCUT2D eigenvalue weighted by atomic mass is 32.2. The van der Waals surface area contributed by atoms with E-state index >= 15 is 0 Å². The van der Waals surface area contributed by atoms with Crippen LogP contribution in [0.1, 0.15) is 25.7 Å². The third-order valence-electron chi connectivity index (χ3n) is 3.87. The van der Waals surface area contributed by atoms with E-state index in [0.29, 0.717) is 24.0 Å². The Balaban J connectivity index is 1.48. The maximum atomic E-state index is 11.7. The summed E-state index contributed by atoms with van der Waals surface area (Å²) in [6.45, 7) is 0.511. The van der Waals surface area contributed by atoms with Crippen molar-refractivity contribution in [3.8, 4) is 0 Å². The lowest BCUT2D eigenvalue weighted by Gasteiger charge is -2.16. The van der Waals surface area contributed by atoms with Gasteiger partial charge < -0.3 is 21.1 Å². The molecule has 2 rings (SSSR count). The van der Waals surface area contributed by atoms with Crippen molar-refractivity contribution in [3.05, 3.63) is 0 Å². The van der Waals surface area contributed by atoms with Gasteiger partial charge in [0.25, 0.3) is 0 Å². The van der Waals surface area contributed by atoms with Gasteiger partial charge in [-0.3, -0.25) is 9.59 Å². The number of urea groups is 1. The summed E-state index contributed by atoms with van der Waals surface area (Å²) in [4.78, 5) is 33.3. The first-order chi connectivity index (χ1) is 11.1. The zero-order chi connectivity index (χ0) is 16.7. The van der Waals surface area contributed by atoms with Crippen LogP contribution in [0.25, 0.3) is 0 Å². The van der Waals surface area contributed by atoms with Crippen LogP contribution in [0.3, 0.4) is 0 Å². The molecule has 2 aliphatic rings. The van der Waals surface area contributed by atoms with Crippen LogP contribution in [0.2, 0.25) is 0 Å². The second-order valence-electron chi connectivity index (χ2n) is 5.66. The van der Waals surface area contributed by atoms with Gasteiger partial charge in [-0.25, -0.2) is 4.79 Å². The molecule has 2 saturated heterocycles. The van der Waals surface area contributed by atoms with Gasteiger partial charge in [-0.05, 0) is 12.8 Å². The Morgan fingerprint density at radius 1 is 1.35 bits per heavy atom. The van der Waals surface area contributed by atoms with E-state index in [9.17, 15) is 14.4 Å². The average Bonchev–Trinajstić information content (AvgIpc) is 3.02. The monoisotopic (exact) mass is 361 g/mol. The first-order valence-electron chi connectivity index (χ1n) is 7.81. The number of hydrogen-bond acceptors (Lipinski definition) is 5. The maximum absolute atomic E-state index is 11.7. The zero-order valence-electron chi connectivity index (χ0n) is 12.9. The van der Waals surface area contributed by atoms with Crippen molar-refractivity contribution >= 4 is 41.4 Å². The fourth-order valence-corrected chi connectivity index (χ4v) is 4.89. The van der Waals surface area contributed by atoms with Crippen molar-refractivity contribution in [2.24, 2.45) is 0 Å². The van der Waals surface area contributed by atoms with Crippen LogP contribution in [-0.2, 0) is 9.59 Å². The molecule has 4 N–H and O–H groups in total. The Kier molecular flexibility index (Phi) is 7.35. The topological polar surface area (TPSA) is 108 Å². The molecule has 0 bridgehead atoms. The minimum absolute atomic E-state index is 0.0220. The number of carbonyl (C=O) groups is 3. The SMILES string of the molecule is O=C(O)CSCCNC(=O)CCCC[C@@H]1SC[C@@H]2NC(=O)N[C@@H]21. The van der Waals surface area contributed by atoms with Gasteiger partial charge in [-0.15, -0.1) is 11.8 Å². The van der Waals surface area contributed by atoms with Gasteiger partial charge in [0, 0.05) is 29.7 Å². The van der Waals surface area contributed by atoms with E-state index in [0.717, 1.165) is 25.0 Å². The Bertz CT molecular complexity index is 450. The summed E-state index contributed by atoms with van der Waals surface area (Å²) < 4.78 is 0. The third-order valence-corrected chi connectivity index (χ3v) is 6.33. The lowest BCUT2D eigenvalue weighted by molar-refractivity contribution is -0.133. The van der Waals surface area contributed by atoms with E-state index in [-0.39, 0.29) is 29.8 Å². The molecular weight excluding hydrogens is 338 g/mol. The van der Waals surface area contributed by atoms with Crippen LogP contribution in [0.4, 0.5) is 4.79 Å². The van der Waals surface area contributed by atoms with Crippen LogP contribution in [0, 0.1) is 0 Å². The Morgan fingerprint density at radius 2 is 2.17 bits per heavy atom. The largest absolute Gasteiger partial charge is 0.481 e. The second-order valence-corrected chi connectivity index (χ2v) is 8.04. The molecule has 2 heterocycles. The molecule has 2 aliphatic heterocycles. The quantitative estimate of drug-likeness (QED) is 0.336. The van der Waals surface area contributed by atoms with Crippen molar-refractivity contribution in [2.75, 3.05) is 23.8 Å². The van der Waals surface area contributed by atoms with Crippen molar-refractivity contribution < 1.29 is 19.5 Å². The highest BCUT2D eigenvalue weighted by molar-refractivity contribution is 8.00. The summed E-state index contributed by atoms with van der Waals surface area (Å²) in [7, 11) is 0. The lowest BCUT2D eigenvalue weighted by atomic mass is 10.0. The normalized spacial score (nSPS) is 25.6. The fraction of sp³-hybridized carbons (Fsp3) is 0.786. The van der Waals surface area contributed by atoms with E-state index < -0.39 is 5.97 Å². The second kappa shape index (κ2) is 9.27. The number of carboxylic acid groups (broad SMARTS) is 1. The molecule has 3 atom stereocenters. The van der Waals surface area contributed by atoms with Crippen LogP contribution >= 0.6 is 23.5 Å². The highest BCUT2D eigenvalue weighted by Gasteiger charge is 2.42. The van der Waals surface area contributed by atoms with Crippen LogP contribution < -0.4 is 16.0 Å². The fourth-order valence-electron chi connectivity index (χ4n) is 2.78.